The van der Waals surface area contributed by atoms with Gasteiger partial charge in [0.25, 0.3) is 5.91 Å². The van der Waals surface area contributed by atoms with Crippen molar-refractivity contribution < 1.29 is 9.59 Å². The maximum Gasteiger partial charge on any atom is 0.272 e. The number of nitrogens with zero attached hydrogens (tertiary/aromatic N) is 2. The van der Waals surface area contributed by atoms with Crippen molar-refractivity contribution in [1.82, 2.24) is 9.88 Å². The number of hydrogen-bond donors (Lipinski definition) is 0. The van der Waals surface area contributed by atoms with E-state index in [9.17, 15) is 9.59 Å². The lowest BCUT2D eigenvalue weighted by Crippen LogP contribution is -2.42. The second-order valence-electron chi connectivity index (χ2n) is 6.89. The summed E-state index contributed by atoms with van der Waals surface area (Å²) in [7, 11) is 0. The molecule has 0 aliphatic carbocycles. The van der Waals surface area contributed by atoms with Gasteiger partial charge in [0, 0.05) is 29.7 Å². The number of halogens is 1. The van der Waals surface area contributed by atoms with Crippen LogP contribution in [0.3, 0.4) is 0 Å². The molecule has 2 aromatic rings. The molecular formula is C21H23ClN2O2S. The Hall–Kier alpha value is -1.85. The number of amides is 1. The van der Waals surface area contributed by atoms with Gasteiger partial charge in [-0.1, -0.05) is 29.8 Å². The summed E-state index contributed by atoms with van der Waals surface area (Å²) in [4.78, 5) is 31.8. The molecule has 1 aliphatic rings. The summed E-state index contributed by atoms with van der Waals surface area (Å²) in [5, 5.41) is 0.732. The number of carbonyl (C=O) groups excluding carboxylic acids is 2. The zero-order chi connectivity index (χ0) is 19.4. The summed E-state index contributed by atoms with van der Waals surface area (Å²) < 4.78 is 0. The van der Waals surface area contributed by atoms with Crippen LogP contribution in [-0.2, 0) is 10.5 Å². The van der Waals surface area contributed by atoms with Crippen LogP contribution in [0.2, 0.25) is 5.02 Å². The minimum Gasteiger partial charge on any atom is -0.337 e. The standard InChI is InChI=1S/C21H23ClN2O2S/c1-14-6-3-9-18(22)20(14)27-13-17-8-4-10-19(23-17)21(26)24-11-5-7-16(12-24)15(2)25/h3-4,6,8-10,16H,5,7,11-13H2,1-2H3. The van der Waals surface area contributed by atoms with Gasteiger partial charge in [0.15, 0.2) is 0 Å². The topological polar surface area (TPSA) is 50.3 Å². The quantitative estimate of drug-likeness (QED) is 0.675. The predicted octanol–water partition coefficient (Wildman–Crippen LogP) is 4.78. The third-order valence-electron chi connectivity index (χ3n) is 4.84. The first kappa shape index (κ1) is 19.9. The number of benzene rings is 1. The molecule has 1 aliphatic heterocycles. The summed E-state index contributed by atoms with van der Waals surface area (Å²) in [6.45, 7) is 4.81. The van der Waals surface area contributed by atoms with E-state index < -0.39 is 0 Å². The van der Waals surface area contributed by atoms with Gasteiger partial charge in [-0.15, -0.1) is 11.8 Å². The van der Waals surface area contributed by atoms with Crippen LogP contribution in [0.4, 0.5) is 0 Å². The number of likely N-dealkylation sites (tertiary alicyclic amines) is 1. The van der Waals surface area contributed by atoms with Crippen molar-refractivity contribution in [3.05, 3.63) is 58.4 Å². The highest BCUT2D eigenvalue weighted by atomic mass is 35.5. The molecule has 6 heteroatoms. The molecule has 4 nitrogen and oxygen atoms in total. The number of rotatable bonds is 5. The molecule has 1 aromatic heterocycles. The van der Waals surface area contributed by atoms with Crippen molar-refractivity contribution in [2.45, 2.75) is 37.3 Å². The lowest BCUT2D eigenvalue weighted by Gasteiger charge is -2.31. The van der Waals surface area contributed by atoms with E-state index in [0.29, 0.717) is 24.5 Å². The largest absolute Gasteiger partial charge is 0.337 e. The minimum atomic E-state index is -0.0956. The molecule has 1 unspecified atom stereocenters. The van der Waals surface area contributed by atoms with E-state index in [4.69, 9.17) is 11.6 Å². The molecule has 0 spiro atoms. The van der Waals surface area contributed by atoms with Crippen molar-refractivity contribution in [2.24, 2.45) is 5.92 Å². The Kier molecular flexibility index (Phi) is 6.55. The Bertz CT molecular complexity index is 836. The average Bonchev–Trinajstić information content (AvgIpc) is 2.67. The molecule has 27 heavy (non-hydrogen) atoms. The summed E-state index contributed by atoms with van der Waals surface area (Å²) >= 11 is 7.91. The number of aryl methyl sites for hydroxylation is 1. The van der Waals surface area contributed by atoms with Gasteiger partial charge in [0.1, 0.15) is 11.5 Å². The number of Topliss-reactive ketones (excluding diaryl/α,β-unsaturated/α-hetero) is 1. The molecule has 1 amide bonds. The summed E-state index contributed by atoms with van der Waals surface area (Å²) in [6, 6.07) is 11.4. The maximum atomic E-state index is 12.8. The van der Waals surface area contributed by atoms with Crippen LogP contribution in [0.15, 0.2) is 41.3 Å². The first-order valence-corrected chi connectivity index (χ1v) is 10.5. The molecular weight excluding hydrogens is 380 g/mol. The lowest BCUT2D eigenvalue weighted by molar-refractivity contribution is -0.122. The Morgan fingerprint density at radius 2 is 2.04 bits per heavy atom. The molecule has 0 radical (unpaired) electrons. The fourth-order valence-electron chi connectivity index (χ4n) is 3.28. The molecule has 2 heterocycles. The van der Waals surface area contributed by atoms with Gasteiger partial charge in [-0.25, -0.2) is 4.98 Å². The fraction of sp³-hybridized carbons (Fsp3) is 0.381. The third kappa shape index (κ3) is 4.90. The molecule has 1 fully saturated rings. The van der Waals surface area contributed by atoms with Crippen LogP contribution in [-0.4, -0.2) is 34.7 Å². The van der Waals surface area contributed by atoms with E-state index in [1.54, 1.807) is 29.7 Å². The van der Waals surface area contributed by atoms with Gasteiger partial charge >= 0.3 is 0 Å². The summed E-state index contributed by atoms with van der Waals surface area (Å²) in [6.07, 6.45) is 1.72. The van der Waals surface area contributed by atoms with E-state index >= 15 is 0 Å². The van der Waals surface area contributed by atoms with E-state index in [-0.39, 0.29) is 17.6 Å². The van der Waals surface area contributed by atoms with Gasteiger partial charge in [0.05, 0.1) is 10.7 Å². The van der Waals surface area contributed by atoms with Crippen LogP contribution in [0.25, 0.3) is 0 Å². The molecule has 1 saturated heterocycles. The fourth-order valence-corrected chi connectivity index (χ4v) is 4.62. The number of aromatic nitrogens is 1. The first-order chi connectivity index (χ1) is 13.0. The summed E-state index contributed by atoms with van der Waals surface area (Å²) in [5.41, 5.74) is 2.40. The monoisotopic (exact) mass is 402 g/mol. The van der Waals surface area contributed by atoms with E-state index in [0.717, 1.165) is 34.0 Å². The SMILES string of the molecule is CC(=O)C1CCCN(C(=O)c2cccc(CSc3c(C)cccc3Cl)n2)C1. The van der Waals surface area contributed by atoms with E-state index in [1.807, 2.05) is 37.3 Å². The average molecular weight is 403 g/mol. The maximum absolute atomic E-state index is 12.8. The highest BCUT2D eigenvalue weighted by Gasteiger charge is 2.27. The van der Waals surface area contributed by atoms with Gasteiger partial charge < -0.3 is 4.90 Å². The number of thioether (sulfide) groups is 1. The molecule has 0 saturated carbocycles. The number of ketones is 1. The number of carbonyl (C=O) groups is 2. The van der Waals surface area contributed by atoms with Crippen LogP contribution < -0.4 is 0 Å². The third-order valence-corrected chi connectivity index (χ3v) is 6.54. The van der Waals surface area contributed by atoms with Gasteiger partial charge in [-0.2, -0.15) is 0 Å². The van der Waals surface area contributed by atoms with Crippen molar-refractivity contribution in [3.63, 3.8) is 0 Å². The number of piperidine rings is 1. The van der Waals surface area contributed by atoms with Crippen LogP contribution in [0.1, 0.15) is 41.5 Å². The smallest absolute Gasteiger partial charge is 0.272 e. The molecule has 1 aromatic carbocycles. The van der Waals surface area contributed by atoms with Gasteiger partial charge in [-0.3, -0.25) is 9.59 Å². The van der Waals surface area contributed by atoms with Crippen molar-refractivity contribution in [1.29, 1.82) is 0 Å². The first-order valence-electron chi connectivity index (χ1n) is 9.09. The second-order valence-corrected chi connectivity index (χ2v) is 8.28. The molecule has 3 rings (SSSR count). The number of hydrogen-bond acceptors (Lipinski definition) is 4. The zero-order valence-corrected chi connectivity index (χ0v) is 17.1. The lowest BCUT2D eigenvalue weighted by atomic mass is 9.94. The van der Waals surface area contributed by atoms with Gasteiger partial charge in [-0.05, 0) is 50.5 Å². The Morgan fingerprint density at radius 3 is 2.78 bits per heavy atom. The van der Waals surface area contributed by atoms with Crippen LogP contribution >= 0.6 is 23.4 Å². The Labute approximate surface area is 169 Å². The van der Waals surface area contributed by atoms with E-state index in [1.165, 1.54) is 0 Å². The molecule has 0 bridgehead atoms. The van der Waals surface area contributed by atoms with Crippen molar-refractivity contribution in [3.8, 4) is 0 Å². The number of pyridine rings is 1. The Morgan fingerprint density at radius 1 is 1.26 bits per heavy atom. The highest BCUT2D eigenvalue weighted by molar-refractivity contribution is 7.98. The highest BCUT2D eigenvalue weighted by Crippen LogP contribution is 2.32. The Balaban J connectivity index is 1.70. The summed E-state index contributed by atoms with van der Waals surface area (Å²) in [5.74, 6) is 0.647. The normalized spacial score (nSPS) is 17.0. The minimum absolute atomic E-state index is 0.0513. The molecule has 1 atom stereocenters. The van der Waals surface area contributed by atoms with Gasteiger partial charge in [0.2, 0.25) is 0 Å². The van der Waals surface area contributed by atoms with E-state index in [2.05, 4.69) is 4.98 Å². The predicted molar refractivity (Wildman–Crippen MR) is 109 cm³/mol. The second kappa shape index (κ2) is 8.89. The molecule has 142 valence electrons. The zero-order valence-electron chi connectivity index (χ0n) is 15.6. The van der Waals surface area contributed by atoms with Crippen molar-refractivity contribution >= 4 is 35.1 Å². The van der Waals surface area contributed by atoms with Crippen molar-refractivity contribution in [2.75, 3.05) is 13.1 Å². The molecule has 0 N–H and O–H groups in total. The van der Waals surface area contributed by atoms with Crippen LogP contribution in [0, 0.1) is 12.8 Å². The van der Waals surface area contributed by atoms with Crippen LogP contribution in [0.5, 0.6) is 0 Å².